The highest BCUT2D eigenvalue weighted by Crippen LogP contribution is 2.19. The van der Waals surface area contributed by atoms with Crippen LogP contribution in [0.2, 0.25) is 0 Å². The van der Waals surface area contributed by atoms with Crippen LogP contribution in [0, 0.1) is 12.3 Å². The number of benzene rings is 2. The molecule has 1 aliphatic rings. The van der Waals surface area contributed by atoms with Crippen molar-refractivity contribution in [1.82, 2.24) is 9.88 Å². The molecule has 3 N–H and O–H groups in total. The van der Waals surface area contributed by atoms with Gasteiger partial charge in [0.2, 0.25) is 0 Å². The van der Waals surface area contributed by atoms with Gasteiger partial charge in [-0.25, -0.2) is 4.98 Å². The van der Waals surface area contributed by atoms with Crippen molar-refractivity contribution < 1.29 is 9.59 Å². The van der Waals surface area contributed by atoms with E-state index in [9.17, 15) is 9.59 Å². The molecule has 2 heterocycles. The maximum atomic E-state index is 12.8. The Hall–Kier alpha value is -4.00. The molecule has 1 aromatic heterocycles. The number of nitrogens with zero attached hydrogens (tertiary/aromatic N) is 2. The Bertz CT molecular complexity index is 1130. The zero-order chi connectivity index (χ0) is 22.5. The summed E-state index contributed by atoms with van der Waals surface area (Å²) in [6.45, 7) is 3.72. The smallest absolute Gasteiger partial charge is 0.258 e. The van der Waals surface area contributed by atoms with E-state index in [0.29, 0.717) is 28.5 Å². The summed E-state index contributed by atoms with van der Waals surface area (Å²) in [5.74, 6) is 0.253. The molecule has 0 aliphatic carbocycles. The van der Waals surface area contributed by atoms with Gasteiger partial charge in [-0.2, -0.15) is 0 Å². The predicted molar refractivity (Wildman–Crippen MR) is 125 cm³/mol. The molecule has 7 heteroatoms. The summed E-state index contributed by atoms with van der Waals surface area (Å²) in [6, 6.07) is 17.4. The van der Waals surface area contributed by atoms with Crippen molar-refractivity contribution in [3.8, 4) is 0 Å². The van der Waals surface area contributed by atoms with Crippen molar-refractivity contribution in [3.63, 3.8) is 0 Å². The topological polar surface area (TPSA) is 98.2 Å². The van der Waals surface area contributed by atoms with Gasteiger partial charge in [0, 0.05) is 30.4 Å². The van der Waals surface area contributed by atoms with Gasteiger partial charge in [0.25, 0.3) is 11.8 Å². The summed E-state index contributed by atoms with van der Waals surface area (Å²) in [6.07, 6.45) is 3.89. The molecular weight excluding hydrogens is 402 g/mol. The molecule has 0 radical (unpaired) electrons. The van der Waals surface area contributed by atoms with Crippen molar-refractivity contribution in [3.05, 3.63) is 89.1 Å². The van der Waals surface area contributed by atoms with E-state index in [1.54, 1.807) is 60.8 Å². The number of aromatic nitrogens is 1. The molecule has 1 saturated heterocycles. The molecule has 162 valence electrons. The fraction of sp³-hybridized carbons (Fsp3) is 0.200. The summed E-state index contributed by atoms with van der Waals surface area (Å²) in [5.41, 5.74) is 3.00. The third-order valence-corrected chi connectivity index (χ3v) is 5.42. The van der Waals surface area contributed by atoms with Crippen molar-refractivity contribution >= 4 is 29.2 Å². The molecule has 7 nitrogen and oxygen atoms in total. The molecule has 32 heavy (non-hydrogen) atoms. The summed E-state index contributed by atoms with van der Waals surface area (Å²) in [7, 11) is 0. The van der Waals surface area contributed by atoms with E-state index in [2.05, 4.69) is 15.6 Å². The Balaban J connectivity index is 1.46. The lowest BCUT2D eigenvalue weighted by Gasteiger charge is -2.18. The van der Waals surface area contributed by atoms with Gasteiger partial charge in [0.05, 0.1) is 11.3 Å². The van der Waals surface area contributed by atoms with Crippen LogP contribution in [-0.2, 0) is 0 Å². The number of hydrogen-bond acceptors (Lipinski definition) is 4. The normalized spacial score (nSPS) is 13.0. The minimum atomic E-state index is -0.355. The lowest BCUT2D eigenvalue weighted by atomic mass is 10.1. The van der Waals surface area contributed by atoms with Crippen LogP contribution < -0.4 is 10.6 Å². The first kappa shape index (κ1) is 21.2. The fourth-order valence-electron chi connectivity index (χ4n) is 3.61. The summed E-state index contributed by atoms with van der Waals surface area (Å²) in [4.78, 5) is 31.8. The van der Waals surface area contributed by atoms with Crippen molar-refractivity contribution in [2.45, 2.75) is 19.8 Å². The number of carbonyl (C=O) groups is 2. The second-order valence-electron chi connectivity index (χ2n) is 7.79. The maximum absolute atomic E-state index is 12.8. The van der Waals surface area contributed by atoms with Gasteiger partial charge in [-0.3, -0.25) is 15.0 Å². The summed E-state index contributed by atoms with van der Waals surface area (Å²) < 4.78 is 0. The quantitative estimate of drug-likeness (QED) is 0.417. The molecular formula is C25H25N5O2. The molecule has 3 aromatic rings. The van der Waals surface area contributed by atoms with Gasteiger partial charge in [0.1, 0.15) is 11.7 Å². The zero-order valence-electron chi connectivity index (χ0n) is 17.9. The number of nitrogens with one attached hydrogen (secondary N) is 3. The Kier molecular flexibility index (Phi) is 6.26. The minimum Gasteiger partial charge on any atom is -0.357 e. The van der Waals surface area contributed by atoms with Gasteiger partial charge in [-0.15, -0.1) is 0 Å². The highest BCUT2D eigenvalue weighted by atomic mass is 16.2. The van der Waals surface area contributed by atoms with E-state index in [4.69, 9.17) is 5.41 Å². The Morgan fingerprint density at radius 2 is 1.56 bits per heavy atom. The third-order valence-electron chi connectivity index (χ3n) is 5.42. The van der Waals surface area contributed by atoms with Crippen LogP contribution in [0.25, 0.3) is 0 Å². The fourth-order valence-corrected chi connectivity index (χ4v) is 3.61. The van der Waals surface area contributed by atoms with Crippen molar-refractivity contribution in [1.29, 1.82) is 5.41 Å². The van der Waals surface area contributed by atoms with E-state index in [-0.39, 0.29) is 11.8 Å². The van der Waals surface area contributed by atoms with Crippen molar-refractivity contribution in [2.24, 2.45) is 0 Å². The van der Waals surface area contributed by atoms with Gasteiger partial charge in [-0.1, -0.05) is 30.3 Å². The summed E-state index contributed by atoms with van der Waals surface area (Å²) >= 11 is 0. The summed E-state index contributed by atoms with van der Waals surface area (Å²) in [5, 5.41) is 13.9. The lowest BCUT2D eigenvalue weighted by molar-refractivity contribution is 0.102. The van der Waals surface area contributed by atoms with Gasteiger partial charge < -0.3 is 15.5 Å². The van der Waals surface area contributed by atoms with Crippen LogP contribution in [-0.4, -0.2) is 40.6 Å². The van der Waals surface area contributed by atoms with E-state index < -0.39 is 0 Å². The number of rotatable bonds is 5. The number of amidine groups is 1. The largest absolute Gasteiger partial charge is 0.357 e. The first-order valence-corrected chi connectivity index (χ1v) is 10.6. The molecule has 1 fully saturated rings. The first-order chi connectivity index (χ1) is 15.5. The Morgan fingerprint density at radius 1 is 0.875 bits per heavy atom. The zero-order valence-corrected chi connectivity index (χ0v) is 17.9. The second-order valence-corrected chi connectivity index (χ2v) is 7.79. The molecule has 2 amide bonds. The third kappa shape index (κ3) is 4.83. The number of pyridine rings is 1. The van der Waals surface area contributed by atoms with Crippen LogP contribution in [0.3, 0.4) is 0 Å². The van der Waals surface area contributed by atoms with Crippen LogP contribution >= 0.6 is 0 Å². The van der Waals surface area contributed by atoms with Crippen LogP contribution in [0.5, 0.6) is 0 Å². The maximum Gasteiger partial charge on any atom is 0.258 e. The number of hydrogen-bond donors (Lipinski definition) is 3. The lowest BCUT2D eigenvalue weighted by Crippen LogP contribution is -2.27. The van der Waals surface area contributed by atoms with E-state index in [0.717, 1.165) is 37.1 Å². The molecule has 1 aliphatic heterocycles. The average molecular weight is 428 g/mol. The molecule has 0 unspecified atom stereocenters. The molecule has 0 atom stereocenters. The SMILES string of the molecule is Cc1ccc(NC(=O)c2ccccc2NC(=O)c2ccc(C(=N)N3CCCC3)cc2)nc1. The standard InChI is InChI=1S/C25H25N5O2/c1-17-8-13-22(27-16-17)29-25(32)20-6-2-3-7-21(20)28-24(31)19-11-9-18(10-12-19)23(26)30-14-4-5-15-30/h2-3,6-13,16,26H,4-5,14-15H2,1H3,(H,28,31)(H,27,29,32). The molecule has 0 saturated carbocycles. The molecule has 0 bridgehead atoms. The number of carbonyl (C=O) groups excluding carboxylic acids is 2. The Morgan fingerprint density at radius 3 is 2.25 bits per heavy atom. The molecule has 0 spiro atoms. The second kappa shape index (κ2) is 9.43. The van der Waals surface area contributed by atoms with E-state index in [1.165, 1.54) is 0 Å². The number of para-hydroxylation sites is 1. The number of amides is 2. The highest BCUT2D eigenvalue weighted by molar-refractivity contribution is 6.12. The van der Waals surface area contributed by atoms with E-state index >= 15 is 0 Å². The van der Waals surface area contributed by atoms with Gasteiger partial charge >= 0.3 is 0 Å². The number of anilines is 2. The highest BCUT2D eigenvalue weighted by Gasteiger charge is 2.18. The Labute approximate surface area is 187 Å². The van der Waals surface area contributed by atoms with E-state index in [1.807, 2.05) is 17.9 Å². The molecule has 2 aromatic carbocycles. The van der Waals surface area contributed by atoms with Gasteiger partial charge in [-0.05, 0) is 55.7 Å². The van der Waals surface area contributed by atoms with Crippen molar-refractivity contribution in [2.75, 3.05) is 23.7 Å². The van der Waals surface area contributed by atoms with Crippen LogP contribution in [0.15, 0.2) is 66.9 Å². The number of aryl methyl sites for hydroxylation is 1. The monoisotopic (exact) mass is 427 g/mol. The van der Waals surface area contributed by atoms with Gasteiger partial charge in [0.15, 0.2) is 0 Å². The average Bonchev–Trinajstić information content (AvgIpc) is 3.35. The molecule has 4 rings (SSSR count). The van der Waals surface area contributed by atoms with Crippen LogP contribution in [0.1, 0.15) is 44.7 Å². The number of likely N-dealkylation sites (tertiary alicyclic amines) is 1. The minimum absolute atomic E-state index is 0.321. The predicted octanol–water partition coefficient (Wildman–Crippen LogP) is 4.32. The first-order valence-electron chi connectivity index (χ1n) is 10.6. The van der Waals surface area contributed by atoms with Crippen LogP contribution in [0.4, 0.5) is 11.5 Å².